The van der Waals surface area contributed by atoms with Gasteiger partial charge in [-0.05, 0) is 24.6 Å². The second-order valence-electron chi connectivity index (χ2n) is 3.57. The Kier molecular flexibility index (Phi) is 5.42. The molecule has 0 unspecified atom stereocenters. The molecule has 0 fully saturated rings. The molecule has 1 rings (SSSR count). The van der Waals surface area contributed by atoms with Crippen molar-refractivity contribution < 1.29 is 8.42 Å². The van der Waals surface area contributed by atoms with Crippen molar-refractivity contribution in [3.63, 3.8) is 0 Å². The number of sulfonamides is 1. The zero-order valence-corrected chi connectivity index (χ0v) is 12.1. The van der Waals surface area contributed by atoms with Crippen LogP contribution in [0.25, 0.3) is 0 Å². The Morgan fingerprint density at radius 1 is 1.39 bits per heavy atom. The van der Waals surface area contributed by atoms with Gasteiger partial charge >= 0.3 is 0 Å². The Morgan fingerprint density at radius 3 is 2.61 bits per heavy atom. The summed E-state index contributed by atoms with van der Waals surface area (Å²) in [4.78, 5) is -0.0691. The van der Waals surface area contributed by atoms with Crippen LogP contribution in [0.4, 0.5) is 0 Å². The first-order valence-electron chi connectivity index (χ1n) is 5.25. The predicted octanol–water partition coefficient (Wildman–Crippen LogP) is 2.92. The van der Waals surface area contributed by atoms with Gasteiger partial charge in [0.1, 0.15) is 11.4 Å². The van der Waals surface area contributed by atoms with Gasteiger partial charge in [0.25, 0.3) is 0 Å². The quantitative estimate of drug-likeness (QED) is 0.786. The van der Waals surface area contributed by atoms with Crippen LogP contribution < -0.4 is 0 Å². The standard InChI is InChI=1S/C11H12Cl2N2O2S/c1-2-6-15(7-5-14)18(16,17)11-8-9(12)3-4-10(11)13/h3-4,8H,2,6-7H2,1H3. The molecular formula is C11H12Cl2N2O2S. The van der Waals surface area contributed by atoms with Crippen molar-refractivity contribution in [1.29, 1.82) is 5.26 Å². The number of nitriles is 1. The molecule has 0 saturated carbocycles. The largest absolute Gasteiger partial charge is 0.245 e. The Bertz CT molecular complexity index is 567. The molecule has 0 radical (unpaired) electrons. The van der Waals surface area contributed by atoms with Gasteiger partial charge in [0.05, 0.1) is 11.1 Å². The lowest BCUT2D eigenvalue weighted by Crippen LogP contribution is -2.32. The number of benzene rings is 1. The molecule has 98 valence electrons. The monoisotopic (exact) mass is 306 g/mol. The van der Waals surface area contributed by atoms with E-state index in [-0.39, 0.29) is 28.0 Å². The third-order valence-electron chi connectivity index (χ3n) is 2.23. The molecule has 0 atom stereocenters. The molecule has 1 aromatic carbocycles. The molecular weight excluding hydrogens is 295 g/mol. The van der Waals surface area contributed by atoms with Gasteiger partial charge in [-0.1, -0.05) is 30.1 Å². The highest BCUT2D eigenvalue weighted by molar-refractivity contribution is 7.89. The Hall–Kier alpha value is -0.800. The molecule has 0 aliphatic carbocycles. The fourth-order valence-corrected chi connectivity index (χ4v) is 3.59. The Morgan fingerprint density at radius 2 is 2.06 bits per heavy atom. The molecule has 0 aliphatic heterocycles. The fraction of sp³-hybridized carbons (Fsp3) is 0.364. The summed E-state index contributed by atoms with van der Waals surface area (Å²) in [5.41, 5.74) is 0. The van der Waals surface area contributed by atoms with Crippen LogP contribution >= 0.6 is 23.2 Å². The summed E-state index contributed by atoms with van der Waals surface area (Å²) in [6.07, 6.45) is 0.610. The lowest BCUT2D eigenvalue weighted by Gasteiger charge is -2.19. The SMILES string of the molecule is CCCN(CC#N)S(=O)(=O)c1cc(Cl)ccc1Cl. The third-order valence-corrected chi connectivity index (χ3v) is 4.79. The van der Waals surface area contributed by atoms with Gasteiger partial charge in [-0.2, -0.15) is 9.57 Å². The van der Waals surface area contributed by atoms with E-state index in [1.807, 2.05) is 13.0 Å². The van der Waals surface area contributed by atoms with Crippen LogP contribution in [0, 0.1) is 11.3 Å². The minimum absolute atomic E-state index is 0.0691. The summed E-state index contributed by atoms with van der Waals surface area (Å²) in [5.74, 6) is 0. The van der Waals surface area contributed by atoms with Crippen molar-refractivity contribution in [3.8, 4) is 6.07 Å². The minimum atomic E-state index is -3.78. The first kappa shape index (κ1) is 15.3. The first-order valence-corrected chi connectivity index (χ1v) is 7.45. The van der Waals surface area contributed by atoms with E-state index in [0.717, 1.165) is 4.31 Å². The van der Waals surface area contributed by atoms with E-state index in [1.54, 1.807) is 0 Å². The smallest absolute Gasteiger partial charge is 0.207 e. The number of rotatable bonds is 5. The summed E-state index contributed by atoms with van der Waals surface area (Å²) in [6.45, 7) is 1.89. The number of hydrogen-bond acceptors (Lipinski definition) is 3. The lowest BCUT2D eigenvalue weighted by molar-refractivity contribution is 0.444. The van der Waals surface area contributed by atoms with E-state index < -0.39 is 10.0 Å². The van der Waals surface area contributed by atoms with Gasteiger partial charge in [-0.3, -0.25) is 0 Å². The van der Waals surface area contributed by atoms with Crippen molar-refractivity contribution in [2.45, 2.75) is 18.2 Å². The molecule has 0 aliphatic rings. The van der Waals surface area contributed by atoms with Crippen molar-refractivity contribution in [1.82, 2.24) is 4.31 Å². The van der Waals surface area contributed by atoms with Crippen LogP contribution in [-0.2, 0) is 10.0 Å². The van der Waals surface area contributed by atoms with Gasteiger partial charge < -0.3 is 0 Å². The Labute approximate surface area is 117 Å². The maximum Gasteiger partial charge on any atom is 0.245 e. The average molecular weight is 307 g/mol. The molecule has 0 N–H and O–H groups in total. The molecule has 0 spiro atoms. The lowest BCUT2D eigenvalue weighted by atomic mass is 10.4. The van der Waals surface area contributed by atoms with E-state index in [4.69, 9.17) is 28.5 Å². The van der Waals surface area contributed by atoms with Crippen LogP contribution in [0.1, 0.15) is 13.3 Å². The molecule has 0 heterocycles. The van der Waals surface area contributed by atoms with Crippen molar-refractivity contribution in [2.75, 3.05) is 13.1 Å². The normalized spacial score (nSPS) is 11.5. The summed E-state index contributed by atoms with van der Waals surface area (Å²) >= 11 is 11.7. The van der Waals surface area contributed by atoms with Crippen LogP contribution in [0.5, 0.6) is 0 Å². The van der Waals surface area contributed by atoms with E-state index in [2.05, 4.69) is 0 Å². The van der Waals surface area contributed by atoms with Crippen molar-refractivity contribution >= 4 is 33.2 Å². The Balaban J connectivity index is 3.26. The molecule has 0 saturated heterocycles. The molecule has 7 heteroatoms. The maximum atomic E-state index is 12.3. The summed E-state index contributed by atoms with van der Waals surface area (Å²) in [7, 11) is -3.78. The van der Waals surface area contributed by atoms with Crippen molar-refractivity contribution in [2.24, 2.45) is 0 Å². The van der Waals surface area contributed by atoms with Crippen LogP contribution in [-0.4, -0.2) is 25.8 Å². The summed E-state index contributed by atoms with van der Waals surface area (Å²) in [6, 6.07) is 6.06. The summed E-state index contributed by atoms with van der Waals surface area (Å²) in [5, 5.41) is 9.06. The highest BCUT2D eigenvalue weighted by atomic mass is 35.5. The topological polar surface area (TPSA) is 61.2 Å². The fourth-order valence-electron chi connectivity index (χ4n) is 1.43. The maximum absolute atomic E-state index is 12.3. The molecule has 18 heavy (non-hydrogen) atoms. The number of hydrogen-bond donors (Lipinski definition) is 0. The average Bonchev–Trinajstić information content (AvgIpc) is 2.32. The van der Waals surface area contributed by atoms with Gasteiger partial charge in [0, 0.05) is 11.6 Å². The number of halogens is 2. The van der Waals surface area contributed by atoms with Crippen LogP contribution in [0.15, 0.2) is 23.1 Å². The summed E-state index contributed by atoms with van der Waals surface area (Å²) < 4.78 is 25.7. The molecule has 0 bridgehead atoms. The molecule has 4 nitrogen and oxygen atoms in total. The molecule has 1 aromatic rings. The minimum Gasteiger partial charge on any atom is -0.207 e. The second kappa shape index (κ2) is 6.39. The van der Waals surface area contributed by atoms with Gasteiger partial charge in [-0.15, -0.1) is 0 Å². The van der Waals surface area contributed by atoms with E-state index in [1.165, 1.54) is 18.2 Å². The zero-order chi connectivity index (χ0) is 13.8. The van der Waals surface area contributed by atoms with Gasteiger partial charge in [-0.25, -0.2) is 8.42 Å². The predicted molar refractivity (Wildman–Crippen MR) is 71.1 cm³/mol. The second-order valence-corrected chi connectivity index (χ2v) is 6.32. The number of nitrogens with zero attached hydrogens (tertiary/aromatic N) is 2. The van der Waals surface area contributed by atoms with E-state index in [0.29, 0.717) is 6.42 Å². The van der Waals surface area contributed by atoms with Crippen molar-refractivity contribution in [3.05, 3.63) is 28.2 Å². The molecule has 0 amide bonds. The molecule has 0 aromatic heterocycles. The van der Waals surface area contributed by atoms with E-state index in [9.17, 15) is 8.42 Å². The highest BCUT2D eigenvalue weighted by Crippen LogP contribution is 2.27. The van der Waals surface area contributed by atoms with E-state index >= 15 is 0 Å². The van der Waals surface area contributed by atoms with Gasteiger partial charge in [0.15, 0.2) is 0 Å². The van der Waals surface area contributed by atoms with Crippen LogP contribution in [0.2, 0.25) is 10.0 Å². The highest BCUT2D eigenvalue weighted by Gasteiger charge is 2.26. The van der Waals surface area contributed by atoms with Gasteiger partial charge in [0.2, 0.25) is 10.0 Å². The van der Waals surface area contributed by atoms with Crippen LogP contribution in [0.3, 0.4) is 0 Å². The third kappa shape index (κ3) is 3.36. The zero-order valence-electron chi connectivity index (χ0n) is 9.73. The first-order chi connectivity index (χ1) is 8.43.